The van der Waals surface area contributed by atoms with Crippen LogP contribution in [-0.2, 0) is 16.0 Å². The number of carbonyl (C=O) groups excluding carboxylic acids is 2. The van der Waals surface area contributed by atoms with Gasteiger partial charge in [0.15, 0.2) is 16.7 Å². The molecular weight excluding hydrogens is 507 g/mol. The first-order chi connectivity index (χ1) is 15.7. The van der Waals surface area contributed by atoms with Gasteiger partial charge in [0.1, 0.15) is 5.78 Å². The molecule has 5 rings (SSSR count). The Morgan fingerprint density at radius 3 is 2.94 bits per heavy atom. The first-order valence-electron chi connectivity index (χ1n) is 11.6. The number of hydrogen-bond donors (Lipinski definition) is 2. The van der Waals surface area contributed by atoms with E-state index in [4.69, 9.17) is 0 Å². The van der Waals surface area contributed by atoms with Crippen LogP contribution in [0.1, 0.15) is 67.4 Å². The van der Waals surface area contributed by atoms with E-state index in [9.17, 15) is 19.1 Å². The maximum atomic E-state index is 14.4. The van der Waals surface area contributed by atoms with E-state index in [2.05, 4.69) is 33.2 Å². The topological polar surface area (TPSA) is 79.3 Å². The molecule has 1 heterocycles. The molecule has 2 aromatic rings. The number of amides is 1. The third-order valence-electron chi connectivity index (χ3n) is 8.35. The van der Waals surface area contributed by atoms with E-state index in [1.54, 1.807) is 6.20 Å². The summed E-state index contributed by atoms with van der Waals surface area (Å²) in [6.07, 6.45) is 6.61. The minimum atomic E-state index is -0.595. The van der Waals surface area contributed by atoms with Crippen molar-refractivity contribution in [3.8, 4) is 5.75 Å². The number of phenols is 1. The predicted molar refractivity (Wildman–Crippen MR) is 129 cm³/mol. The average Bonchev–Trinajstić information content (AvgIpc) is 3.30. The lowest BCUT2D eigenvalue weighted by Crippen LogP contribution is -2.44. The second kappa shape index (κ2) is 8.45. The predicted octanol–water partition coefficient (Wildman–Crippen LogP) is 6.13. The van der Waals surface area contributed by atoms with Gasteiger partial charge in [-0.15, -0.1) is 11.3 Å². The molecule has 2 fully saturated rings. The summed E-state index contributed by atoms with van der Waals surface area (Å²) >= 11 is 4.85. The molecular formula is C25H28BrFN2O3S. The van der Waals surface area contributed by atoms with Gasteiger partial charge in [0, 0.05) is 29.3 Å². The van der Waals surface area contributed by atoms with Crippen molar-refractivity contribution in [3.63, 3.8) is 0 Å². The minimum absolute atomic E-state index is 0.0618. The number of fused-ring (bicyclic) bond motifs is 5. The van der Waals surface area contributed by atoms with Crippen molar-refractivity contribution < 1.29 is 19.1 Å². The Kier molecular flexibility index (Phi) is 5.88. The van der Waals surface area contributed by atoms with Crippen molar-refractivity contribution >= 4 is 44.1 Å². The number of aromatic nitrogens is 1. The summed E-state index contributed by atoms with van der Waals surface area (Å²) in [7, 11) is 0. The molecule has 5 nitrogen and oxygen atoms in total. The molecule has 33 heavy (non-hydrogen) atoms. The smallest absolute Gasteiger partial charge is 0.226 e. The van der Waals surface area contributed by atoms with E-state index < -0.39 is 5.82 Å². The Balaban J connectivity index is 1.37. The van der Waals surface area contributed by atoms with Crippen LogP contribution in [0, 0.1) is 35.9 Å². The highest BCUT2D eigenvalue weighted by molar-refractivity contribution is 9.10. The molecule has 2 saturated carbocycles. The number of nitrogens with one attached hydrogen (secondary N) is 1. The molecule has 5 atom stereocenters. The summed E-state index contributed by atoms with van der Waals surface area (Å²) in [5.74, 6) is 0.162. The number of phenolic OH excluding ortho intramolecular Hbond substituents is 1. The molecule has 8 heteroatoms. The van der Waals surface area contributed by atoms with Gasteiger partial charge < -0.3 is 10.4 Å². The molecule has 3 aliphatic rings. The Morgan fingerprint density at radius 1 is 1.42 bits per heavy atom. The fraction of sp³-hybridized carbons (Fsp3) is 0.560. The largest absolute Gasteiger partial charge is 0.504 e. The van der Waals surface area contributed by atoms with E-state index in [1.165, 1.54) is 17.4 Å². The second-order valence-corrected chi connectivity index (χ2v) is 12.2. The van der Waals surface area contributed by atoms with Gasteiger partial charge in [0.05, 0.1) is 4.47 Å². The summed E-state index contributed by atoms with van der Waals surface area (Å²) in [5.41, 5.74) is 1.61. The average molecular weight is 535 g/mol. The van der Waals surface area contributed by atoms with E-state index in [0.717, 1.165) is 41.7 Å². The molecule has 0 aliphatic heterocycles. The maximum Gasteiger partial charge on any atom is 0.226 e. The quantitative estimate of drug-likeness (QED) is 0.494. The van der Waals surface area contributed by atoms with Crippen LogP contribution in [0.25, 0.3) is 0 Å². The van der Waals surface area contributed by atoms with Crippen LogP contribution in [0.5, 0.6) is 5.75 Å². The van der Waals surface area contributed by atoms with Crippen LogP contribution in [0.15, 0.2) is 16.7 Å². The summed E-state index contributed by atoms with van der Waals surface area (Å²) < 4.78 is 14.9. The van der Waals surface area contributed by atoms with Crippen molar-refractivity contribution in [1.82, 2.24) is 4.98 Å². The molecule has 4 unspecified atom stereocenters. The van der Waals surface area contributed by atoms with Crippen LogP contribution < -0.4 is 5.32 Å². The molecule has 176 valence electrons. The molecule has 1 aromatic heterocycles. The van der Waals surface area contributed by atoms with Gasteiger partial charge in [-0.25, -0.2) is 9.37 Å². The van der Waals surface area contributed by atoms with Gasteiger partial charge in [0.2, 0.25) is 5.91 Å². The zero-order valence-electron chi connectivity index (χ0n) is 18.8. The first-order valence-corrected chi connectivity index (χ1v) is 13.2. The normalized spacial score (nSPS) is 30.5. The van der Waals surface area contributed by atoms with E-state index in [0.29, 0.717) is 34.6 Å². The Morgan fingerprint density at radius 2 is 2.21 bits per heavy atom. The highest BCUT2D eigenvalue weighted by atomic mass is 79.9. The van der Waals surface area contributed by atoms with Crippen LogP contribution in [0.2, 0.25) is 0 Å². The van der Waals surface area contributed by atoms with Crippen molar-refractivity contribution in [2.24, 2.45) is 23.2 Å². The Bertz CT molecular complexity index is 1140. The van der Waals surface area contributed by atoms with Gasteiger partial charge in [0.25, 0.3) is 0 Å². The molecule has 3 aliphatic carbocycles. The lowest BCUT2D eigenvalue weighted by molar-refractivity contribution is -0.129. The number of rotatable bonds is 4. The number of thiazole rings is 1. The molecule has 0 spiro atoms. The summed E-state index contributed by atoms with van der Waals surface area (Å²) in [4.78, 5) is 30.9. The Labute approximate surface area is 205 Å². The second-order valence-electron chi connectivity index (χ2n) is 10.1. The zero-order valence-corrected chi connectivity index (χ0v) is 21.2. The zero-order chi connectivity index (χ0) is 23.5. The number of aryl methyl sites for hydroxylation is 1. The third-order valence-corrected chi connectivity index (χ3v) is 10.0. The Hall–Kier alpha value is -1.80. The van der Waals surface area contributed by atoms with Gasteiger partial charge in [-0.1, -0.05) is 6.92 Å². The summed E-state index contributed by atoms with van der Waals surface area (Å²) in [5, 5.41) is 13.5. The molecule has 0 radical (unpaired) electrons. The number of benzene rings is 1. The van der Waals surface area contributed by atoms with Crippen molar-refractivity contribution in [2.45, 2.75) is 64.7 Å². The number of Topliss-reactive ketones (excluding diaryl/α,β-unsaturated/α-hetero) is 1. The standard InChI is InChI=1S/C25H28BrFN2O3S/c1-12-11-28-24(33-12)29-20(31)6-3-13-9-19(30)25(2)8-7-14-15(21(13)25)4-5-16-17(14)10-18(27)23(32)22(16)26/h10-11,13-15,21,32H,3-9H2,1-2H3,(H,28,29,31)/t13-,14?,15?,21?,25?/m1/s1. The van der Waals surface area contributed by atoms with Gasteiger partial charge in [-0.2, -0.15) is 0 Å². The molecule has 0 saturated heterocycles. The van der Waals surface area contributed by atoms with E-state index in [1.807, 2.05) is 6.92 Å². The van der Waals surface area contributed by atoms with Crippen LogP contribution in [0.4, 0.5) is 9.52 Å². The van der Waals surface area contributed by atoms with Crippen molar-refractivity contribution in [1.29, 1.82) is 0 Å². The number of aromatic hydroxyl groups is 1. The lowest BCUT2D eigenvalue weighted by Gasteiger charge is -2.50. The van der Waals surface area contributed by atoms with Gasteiger partial charge in [-0.3, -0.25) is 9.59 Å². The van der Waals surface area contributed by atoms with Crippen molar-refractivity contribution in [3.05, 3.63) is 38.6 Å². The number of nitrogens with zero attached hydrogens (tertiary/aromatic N) is 1. The molecule has 2 N–H and O–H groups in total. The number of halogens is 2. The third kappa shape index (κ3) is 3.83. The van der Waals surface area contributed by atoms with E-state index >= 15 is 0 Å². The number of ketones is 1. The highest BCUT2D eigenvalue weighted by Crippen LogP contribution is 2.62. The van der Waals surface area contributed by atoms with Crippen LogP contribution >= 0.6 is 27.3 Å². The minimum Gasteiger partial charge on any atom is -0.504 e. The lowest BCUT2D eigenvalue weighted by atomic mass is 9.54. The highest BCUT2D eigenvalue weighted by Gasteiger charge is 2.58. The summed E-state index contributed by atoms with van der Waals surface area (Å²) in [6.45, 7) is 4.06. The first kappa shape index (κ1) is 23.0. The monoisotopic (exact) mass is 534 g/mol. The molecule has 1 amide bonds. The maximum absolute atomic E-state index is 14.4. The number of anilines is 1. The fourth-order valence-corrected chi connectivity index (χ4v) is 8.17. The van der Waals surface area contributed by atoms with Gasteiger partial charge in [-0.05, 0) is 95.8 Å². The summed E-state index contributed by atoms with van der Waals surface area (Å²) in [6, 6.07) is 1.50. The van der Waals surface area contributed by atoms with E-state index in [-0.39, 0.29) is 40.7 Å². The van der Waals surface area contributed by atoms with Crippen LogP contribution in [-0.4, -0.2) is 21.8 Å². The van der Waals surface area contributed by atoms with Crippen LogP contribution in [0.3, 0.4) is 0 Å². The molecule has 1 aromatic carbocycles. The number of carbonyl (C=O) groups is 2. The SMILES string of the molecule is Cc1cnc(NC(=O)CC[C@@H]2CC(=O)C3(C)CCC4c5cc(F)c(O)c(Br)c5CCC4C23)s1. The van der Waals surface area contributed by atoms with Gasteiger partial charge >= 0.3 is 0 Å². The van der Waals surface area contributed by atoms with Crippen molar-refractivity contribution in [2.75, 3.05) is 5.32 Å². The molecule has 0 bridgehead atoms. The fourth-order valence-electron chi connectivity index (χ4n) is 6.87. The number of hydrogen-bond acceptors (Lipinski definition) is 5.